The Morgan fingerprint density at radius 1 is 1.00 bits per heavy atom. The van der Waals surface area contributed by atoms with Crippen molar-refractivity contribution < 1.29 is 0 Å². The van der Waals surface area contributed by atoms with Gasteiger partial charge in [0, 0.05) is 6.04 Å². The minimum absolute atomic E-state index is 0.733. The fourth-order valence-corrected chi connectivity index (χ4v) is 1.44. The second-order valence-electron chi connectivity index (χ2n) is 2.71. The van der Waals surface area contributed by atoms with E-state index in [4.69, 9.17) is 0 Å². The van der Waals surface area contributed by atoms with E-state index in [0.717, 1.165) is 6.04 Å². The molecule has 1 aliphatic rings. The van der Waals surface area contributed by atoms with E-state index in [1.807, 2.05) is 33.9 Å². The summed E-state index contributed by atoms with van der Waals surface area (Å²) in [6.07, 6.45) is 8.71. The van der Waals surface area contributed by atoms with Crippen LogP contribution < -0.4 is 5.32 Å². The highest BCUT2D eigenvalue weighted by Gasteiger charge is 2.09. The fourth-order valence-electron chi connectivity index (χ4n) is 1.44. The average molecular weight is 185 g/mol. The van der Waals surface area contributed by atoms with Gasteiger partial charge in [0.2, 0.25) is 0 Å². The summed E-state index contributed by atoms with van der Waals surface area (Å²) in [5, 5.41) is 3.25. The van der Waals surface area contributed by atoms with Crippen LogP contribution in [0, 0.1) is 0 Å². The molecule has 0 bridgehead atoms. The number of nitrogens with one attached hydrogen (secondary N) is 1. The maximum absolute atomic E-state index is 3.64. The molecule has 1 N–H and O–H groups in total. The highest BCUT2D eigenvalue weighted by atomic mass is 14.9. The maximum atomic E-state index is 3.64. The first-order chi connectivity index (χ1) is 6.43. The zero-order chi connectivity index (χ0) is 10.5. The summed E-state index contributed by atoms with van der Waals surface area (Å²) in [4.78, 5) is 0. The van der Waals surface area contributed by atoms with Crippen LogP contribution in [0.1, 0.15) is 59.8 Å². The molecule has 1 nitrogen and oxygen atoms in total. The van der Waals surface area contributed by atoms with Crippen LogP contribution >= 0.6 is 0 Å². The van der Waals surface area contributed by atoms with Crippen LogP contribution in [-0.4, -0.2) is 6.04 Å². The Kier molecular flexibility index (Phi) is 16.3. The van der Waals surface area contributed by atoms with E-state index in [1.54, 1.807) is 0 Å². The Bertz CT molecular complexity index is 83.1. The first-order valence-corrected chi connectivity index (χ1v) is 5.80. The van der Waals surface area contributed by atoms with Crippen LogP contribution in [-0.2, 0) is 0 Å². The molecule has 0 unspecified atom stereocenters. The third kappa shape index (κ3) is 9.45. The van der Waals surface area contributed by atoms with Gasteiger partial charge in [0.25, 0.3) is 0 Å². The van der Waals surface area contributed by atoms with Gasteiger partial charge in [-0.3, -0.25) is 0 Å². The topological polar surface area (TPSA) is 12.0 Å². The van der Waals surface area contributed by atoms with E-state index >= 15 is 0 Å². The van der Waals surface area contributed by atoms with Gasteiger partial charge in [0.05, 0.1) is 0 Å². The molecule has 0 aliphatic heterocycles. The van der Waals surface area contributed by atoms with Gasteiger partial charge >= 0.3 is 0 Å². The Balaban J connectivity index is 0. The third-order valence-electron chi connectivity index (χ3n) is 1.96. The molecule has 0 spiro atoms. The lowest BCUT2D eigenvalue weighted by atomic mass is 9.96. The quantitative estimate of drug-likeness (QED) is 0.683. The number of hydrogen-bond donors (Lipinski definition) is 1. The van der Waals surface area contributed by atoms with Crippen molar-refractivity contribution in [3.63, 3.8) is 0 Å². The Morgan fingerprint density at radius 3 is 1.85 bits per heavy atom. The standard InChI is InChI=1S/C8H15N.2C2H6/c1-2-9-8-6-4-3-5-7-8;2*1-2/h2,8-9H,1,3-7H2;2*1-2H3. The Morgan fingerprint density at radius 2 is 1.46 bits per heavy atom. The zero-order valence-electron chi connectivity index (χ0n) is 9.90. The van der Waals surface area contributed by atoms with E-state index in [0.29, 0.717) is 0 Å². The number of hydrogen-bond acceptors (Lipinski definition) is 1. The second-order valence-corrected chi connectivity index (χ2v) is 2.71. The molecule has 1 fully saturated rings. The SMILES string of the molecule is C=CNC1CCCCC1.CC.CC. The summed E-state index contributed by atoms with van der Waals surface area (Å²) >= 11 is 0. The molecular weight excluding hydrogens is 158 g/mol. The van der Waals surface area contributed by atoms with Crippen LogP contribution in [0.15, 0.2) is 12.8 Å². The molecule has 1 saturated carbocycles. The predicted molar refractivity (Wildman–Crippen MR) is 62.9 cm³/mol. The molecule has 0 atom stereocenters. The smallest absolute Gasteiger partial charge is 0.0255 e. The van der Waals surface area contributed by atoms with Crippen LogP contribution in [0.2, 0.25) is 0 Å². The molecule has 0 amide bonds. The molecule has 1 rings (SSSR count). The zero-order valence-corrected chi connectivity index (χ0v) is 9.90. The van der Waals surface area contributed by atoms with Crippen molar-refractivity contribution >= 4 is 0 Å². The minimum Gasteiger partial charge on any atom is -0.389 e. The summed E-state index contributed by atoms with van der Waals surface area (Å²) in [6, 6.07) is 0.733. The lowest BCUT2D eigenvalue weighted by molar-refractivity contribution is 0.404. The van der Waals surface area contributed by atoms with Crippen LogP contribution in [0.4, 0.5) is 0 Å². The fraction of sp³-hybridized carbons (Fsp3) is 0.833. The van der Waals surface area contributed by atoms with Gasteiger partial charge < -0.3 is 5.32 Å². The maximum Gasteiger partial charge on any atom is 0.0255 e. The van der Waals surface area contributed by atoms with Crippen molar-refractivity contribution in [1.82, 2.24) is 5.32 Å². The van der Waals surface area contributed by atoms with Gasteiger partial charge in [0.15, 0.2) is 0 Å². The highest BCUT2D eigenvalue weighted by Crippen LogP contribution is 2.16. The minimum atomic E-state index is 0.733. The summed E-state index contributed by atoms with van der Waals surface area (Å²) in [5.74, 6) is 0. The Labute approximate surface area is 84.6 Å². The van der Waals surface area contributed by atoms with Crippen LogP contribution in [0.3, 0.4) is 0 Å². The summed E-state index contributed by atoms with van der Waals surface area (Å²) in [6.45, 7) is 11.6. The molecule has 0 aromatic heterocycles. The first-order valence-electron chi connectivity index (χ1n) is 5.80. The van der Waals surface area contributed by atoms with Crippen molar-refractivity contribution in [3.8, 4) is 0 Å². The molecule has 80 valence electrons. The van der Waals surface area contributed by atoms with E-state index in [1.165, 1.54) is 32.1 Å². The van der Waals surface area contributed by atoms with Crippen LogP contribution in [0.5, 0.6) is 0 Å². The van der Waals surface area contributed by atoms with Gasteiger partial charge in [0.1, 0.15) is 0 Å². The van der Waals surface area contributed by atoms with E-state index in [-0.39, 0.29) is 0 Å². The highest BCUT2D eigenvalue weighted by molar-refractivity contribution is 4.76. The summed E-state index contributed by atoms with van der Waals surface area (Å²) in [7, 11) is 0. The van der Waals surface area contributed by atoms with Crippen molar-refractivity contribution in [2.75, 3.05) is 0 Å². The normalized spacial score (nSPS) is 15.7. The molecule has 13 heavy (non-hydrogen) atoms. The first kappa shape index (κ1) is 15.0. The molecule has 0 aromatic rings. The van der Waals surface area contributed by atoms with Gasteiger partial charge in [-0.2, -0.15) is 0 Å². The van der Waals surface area contributed by atoms with E-state index in [9.17, 15) is 0 Å². The van der Waals surface area contributed by atoms with Gasteiger partial charge in [-0.15, -0.1) is 0 Å². The van der Waals surface area contributed by atoms with E-state index in [2.05, 4.69) is 11.9 Å². The molecule has 0 saturated heterocycles. The summed E-state index contributed by atoms with van der Waals surface area (Å²) in [5.41, 5.74) is 0. The van der Waals surface area contributed by atoms with Crippen molar-refractivity contribution in [2.24, 2.45) is 0 Å². The van der Waals surface area contributed by atoms with Crippen molar-refractivity contribution in [1.29, 1.82) is 0 Å². The predicted octanol–water partition coefficient (Wildman–Crippen LogP) is 4.10. The molecule has 1 aliphatic carbocycles. The van der Waals surface area contributed by atoms with Gasteiger partial charge in [-0.25, -0.2) is 0 Å². The second kappa shape index (κ2) is 14.1. The van der Waals surface area contributed by atoms with Crippen molar-refractivity contribution in [3.05, 3.63) is 12.8 Å². The van der Waals surface area contributed by atoms with Gasteiger partial charge in [-0.05, 0) is 19.0 Å². The molecule has 0 aromatic carbocycles. The average Bonchev–Trinajstić information content (AvgIpc) is 2.26. The lowest BCUT2D eigenvalue weighted by Gasteiger charge is -2.21. The summed E-state index contributed by atoms with van der Waals surface area (Å²) < 4.78 is 0. The number of rotatable bonds is 2. The monoisotopic (exact) mass is 185 g/mol. The Hall–Kier alpha value is -0.460. The largest absolute Gasteiger partial charge is 0.389 e. The molecule has 0 radical (unpaired) electrons. The molecular formula is C12H27N. The molecule has 0 heterocycles. The van der Waals surface area contributed by atoms with Crippen molar-refractivity contribution in [2.45, 2.75) is 65.8 Å². The van der Waals surface area contributed by atoms with Gasteiger partial charge in [-0.1, -0.05) is 53.5 Å². The third-order valence-corrected chi connectivity index (χ3v) is 1.96. The van der Waals surface area contributed by atoms with Crippen LogP contribution in [0.25, 0.3) is 0 Å². The van der Waals surface area contributed by atoms with E-state index < -0.39 is 0 Å². The lowest BCUT2D eigenvalue weighted by Crippen LogP contribution is -2.25. The molecule has 1 heteroatoms.